The summed E-state index contributed by atoms with van der Waals surface area (Å²) in [6, 6.07) is 0.767. The number of aromatic nitrogens is 2. The first kappa shape index (κ1) is 11.1. The van der Waals surface area contributed by atoms with Crippen LogP contribution in [0.25, 0.3) is 0 Å². The van der Waals surface area contributed by atoms with E-state index in [-0.39, 0.29) is 0 Å². The Labute approximate surface area is 91.2 Å². The van der Waals surface area contributed by atoms with Crippen molar-refractivity contribution in [2.45, 2.75) is 37.5 Å². The molecule has 88 valence electrons. The van der Waals surface area contributed by atoms with Gasteiger partial charge in [-0.1, -0.05) is 0 Å². The lowest BCUT2D eigenvalue weighted by atomic mass is 9.90. The fourth-order valence-electron chi connectivity index (χ4n) is 2.10. The van der Waals surface area contributed by atoms with Crippen molar-refractivity contribution in [2.24, 2.45) is 0 Å². The first-order chi connectivity index (χ1) is 7.58. The van der Waals surface area contributed by atoms with Gasteiger partial charge in [-0.15, -0.1) is 0 Å². The fourth-order valence-corrected chi connectivity index (χ4v) is 2.10. The van der Waals surface area contributed by atoms with E-state index in [0.29, 0.717) is 19.3 Å². The van der Waals surface area contributed by atoms with Crippen molar-refractivity contribution in [3.8, 4) is 0 Å². The van der Waals surface area contributed by atoms with E-state index in [0.717, 1.165) is 0 Å². The van der Waals surface area contributed by atoms with Gasteiger partial charge in [0.15, 0.2) is 0 Å². The van der Waals surface area contributed by atoms with Crippen molar-refractivity contribution in [3.63, 3.8) is 0 Å². The molecule has 1 aliphatic rings. The van der Waals surface area contributed by atoms with Crippen LogP contribution in [-0.2, 0) is 0 Å². The predicted molar refractivity (Wildman–Crippen MR) is 56.2 cm³/mol. The molecule has 3 atom stereocenters. The maximum atomic E-state index is 11.5. The molecule has 0 bridgehead atoms. The van der Waals surface area contributed by atoms with E-state index in [1.165, 1.54) is 16.8 Å². The van der Waals surface area contributed by atoms with Gasteiger partial charge < -0.3 is 10.2 Å². The van der Waals surface area contributed by atoms with E-state index in [4.69, 9.17) is 0 Å². The zero-order valence-corrected chi connectivity index (χ0v) is 8.67. The van der Waals surface area contributed by atoms with Gasteiger partial charge in [-0.25, -0.2) is 4.79 Å². The number of aromatic amines is 1. The van der Waals surface area contributed by atoms with Gasteiger partial charge >= 0.3 is 5.69 Å². The van der Waals surface area contributed by atoms with Crippen molar-refractivity contribution in [3.05, 3.63) is 33.1 Å². The molecule has 2 rings (SSSR count). The van der Waals surface area contributed by atoms with Gasteiger partial charge in [-0.3, -0.25) is 14.3 Å². The van der Waals surface area contributed by atoms with Crippen molar-refractivity contribution in [2.75, 3.05) is 0 Å². The van der Waals surface area contributed by atoms with Crippen LogP contribution in [0.2, 0.25) is 0 Å². The van der Waals surface area contributed by atoms with E-state index in [2.05, 4.69) is 4.98 Å². The first-order valence-electron chi connectivity index (χ1n) is 5.25. The summed E-state index contributed by atoms with van der Waals surface area (Å²) in [5.74, 6) is 0. The van der Waals surface area contributed by atoms with Gasteiger partial charge in [-0.2, -0.15) is 0 Å². The summed E-state index contributed by atoms with van der Waals surface area (Å²) in [5, 5.41) is 19.3. The van der Waals surface area contributed by atoms with Gasteiger partial charge in [0.1, 0.15) is 0 Å². The van der Waals surface area contributed by atoms with Crippen LogP contribution < -0.4 is 11.2 Å². The lowest BCUT2D eigenvalue weighted by Gasteiger charge is -2.31. The van der Waals surface area contributed by atoms with Crippen LogP contribution in [0.4, 0.5) is 0 Å². The molecule has 1 aromatic heterocycles. The highest BCUT2D eigenvalue weighted by Gasteiger charge is 2.29. The predicted octanol–water partition coefficient (Wildman–Crippen LogP) is -1.02. The average Bonchev–Trinajstić information content (AvgIpc) is 2.22. The summed E-state index contributed by atoms with van der Waals surface area (Å²) in [4.78, 5) is 24.5. The van der Waals surface area contributed by atoms with Crippen LogP contribution in [-0.4, -0.2) is 32.0 Å². The molecule has 16 heavy (non-hydrogen) atoms. The monoisotopic (exact) mass is 226 g/mol. The Morgan fingerprint density at radius 2 is 2.06 bits per heavy atom. The van der Waals surface area contributed by atoms with Crippen LogP contribution >= 0.6 is 0 Å². The Hall–Kier alpha value is -1.40. The van der Waals surface area contributed by atoms with Crippen molar-refractivity contribution >= 4 is 0 Å². The number of aliphatic hydroxyl groups excluding tert-OH is 2. The van der Waals surface area contributed by atoms with Gasteiger partial charge in [-0.05, 0) is 19.3 Å². The molecule has 1 heterocycles. The number of nitrogens with one attached hydrogen (secondary N) is 1. The van der Waals surface area contributed by atoms with Gasteiger partial charge in [0.2, 0.25) is 0 Å². The highest BCUT2D eigenvalue weighted by Crippen LogP contribution is 2.27. The number of H-pyrrole nitrogens is 1. The minimum atomic E-state index is -0.660. The third kappa shape index (κ3) is 2.07. The number of rotatable bonds is 1. The molecular weight excluding hydrogens is 212 g/mol. The highest BCUT2D eigenvalue weighted by molar-refractivity contribution is 4.91. The molecule has 0 spiro atoms. The standard InChI is InChI=1S/C10H14N2O4/c13-6-1-2-8(14)7(5-6)12-4-3-9(15)11-10(12)16/h3-4,6-8,13-14H,1-2,5H2,(H,11,15,16)/t6-,7+,8?/m0/s1. The van der Waals surface area contributed by atoms with Crippen LogP contribution in [0.1, 0.15) is 25.3 Å². The molecule has 1 unspecified atom stereocenters. The van der Waals surface area contributed by atoms with E-state index >= 15 is 0 Å². The van der Waals surface area contributed by atoms with Gasteiger partial charge in [0.05, 0.1) is 18.2 Å². The summed E-state index contributed by atoms with van der Waals surface area (Å²) in [6.45, 7) is 0. The second-order valence-electron chi connectivity index (χ2n) is 4.12. The first-order valence-corrected chi connectivity index (χ1v) is 5.25. The number of hydrogen-bond donors (Lipinski definition) is 3. The van der Waals surface area contributed by atoms with E-state index in [9.17, 15) is 19.8 Å². The molecule has 3 N–H and O–H groups in total. The largest absolute Gasteiger partial charge is 0.393 e. The van der Waals surface area contributed by atoms with E-state index in [1.807, 2.05) is 0 Å². The molecule has 6 nitrogen and oxygen atoms in total. The average molecular weight is 226 g/mol. The second kappa shape index (κ2) is 4.23. The summed E-state index contributed by atoms with van der Waals surface area (Å²) in [7, 11) is 0. The number of hydrogen-bond acceptors (Lipinski definition) is 4. The zero-order chi connectivity index (χ0) is 11.7. The molecule has 0 aliphatic heterocycles. The minimum Gasteiger partial charge on any atom is -0.393 e. The number of nitrogens with zero attached hydrogens (tertiary/aromatic N) is 1. The molecule has 6 heteroatoms. The Morgan fingerprint density at radius 1 is 1.31 bits per heavy atom. The van der Waals surface area contributed by atoms with Gasteiger partial charge in [0, 0.05) is 12.3 Å². The summed E-state index contributed by atoms with van der Waals surface area (Å²) < 4.78 is 1.27. The molecule has 1 aromatic rings. The Morgan fingerprint density at radius 3 is 2.75 bits per heavy atom. The normalized spacial score (nSPS) is 30.2. The van der Waals surface area contributed by atoms with Crippen molar-refractivity contribution in [1.29, 1.82) is 0 Å². The van der Waals surface area contributed by atoms with Gasteiger partial charge in [0.25, 0.3) is 5.56 Å². The van der Waals surface area contributed by atoms with Crippen molar-refractivity contribution < 1.29 is 10.2 Å². The summed E-state index contributed by atoms with van der Waals surface area (Å²) in [5.41, 5.74) is -1.02. The molecule has 1 saturated carbocycles. The SMILES string of the molecule is O=c1ccn([C@@H]2C[C@@H](O)CCC2O)c(=O)[nH]1. The third-order valence-electron chi connectivity index (χ3n) is 2.96. The fraction of sp³-hybridized carbons (Fsp3) is 0.600. The van der Waals surface area contributed by atoms with Crippen LogP contribution in [0.5, 0.6) is 0 Å². The molecule has 0 aromatic carbocycles. The quantitative estimate of drug-likeness (QED) is 0.571. The molecule has 0 radical (unpaired) electrons. The lowest BCUT2D eigenvalue weighted by Crippen LogP contribution is -2.40. The van der Waals surface area contributed by atoms with Crippen LogP contribution in [0.3, 0.4) is 0 Å². The molecule has 1 aliphatic carbocycles. The van der Waals surface area contributed by atoms with Crippen LogP contribution in [0.15, 0.2) is 21.9 Å². The Balaban J connectivity index is 2.35. The summed E-state index contributed by atoms with van der Waals surface area (Å²) in [6.07, 6.45) is 1.51. The molecule has 0 amide bonds. The zero-order valence-electron chi connectivity index (χ0n) is 8.67. The smallest absolute Gasteiger partial charge is 0.328 e. The van der Waals surface area contributed by atoms with E-state index in [1.54, 1.807) is 0 Å². The molecular formula is C10H14N2O4. The molecule has 0 saturated heterocycles. The Kier molecular flexibility index (Phi) is 2.93. The lowest BCUT2D eigenvalue weighted by molar-refractivity contribution is 0.0109. The maximum absolute atomic E-state index is 11.5. The number of aliphatic hydroxyl groups is 2. The van der Waals surface area contributed by atoms with Crippen LogP contribution in [0, 0.1) is 0 Å². The maximum Gasteiger partial charge on any atom is 0.328 e. The third-order valence-corrected chi connectivity index (χ3v) is 2.96. The Bertz CT molecular complexity index is 478. The second-order valence-corrected chi connectivity index (χ2v) is 4.12. The highest BCUT2D eigenvalue weighted by atomic mass is 16.3. The molecule has 1 fully saturated rings. The van der Waals surface area contributed by atoms with E-state index < -0.39 is 29.5 Å². The minimum absolute atomic E-state index is 0.327. The topological polar surface area (TPSA) is 95.3 Å². The van der Waals surface area contributed by atoms with Crippen molar-refractivity contribution in [1.82, 2.24) is 9.55 Å². The summed E-state index contributed by atoms with van der Waals surface area (Å²) >= 11 is 0.